The van der Waals surface area contributed by atoms with Crippen molar-refractivity contribution in [1.29, 1.82) is 0 Å². The third-order valence-corrected chi connectivity index (χ3v) is 2.81. The number of aliphatic hydroxyl groups is 1. The molecule has 0 spiro atoms. The summed E-state index contributed by atoms with van der Waals surface area (Å²) in [6, 6.07) is -0.330. The molecule has 3 N–H and O–H groups in total. The molecule has 2 rings (SSSR count). The molecule has 0 bridgehead atoms. The summed E-state index contributed by atoms with van der Waals surface area (Å²) in [4.78, 5) is 22.5. The van der Waals surface area contributed by atoms with Gasteiger partial charge in [-0.25, -0.2) is 0 Å². The first kappa shape index (κ1) is 12.7. The summed E-state index contributed by atoms with van der Waals surface area (Å²) in [7, 11) is 0. The Labute approximate surface area is 104 Å². The Bertz CT molecular complexity index is 443. The van der Waals surface area contributed by atoms with Crippen LogP contribution in [-0.4, -0.2) is 39.4 Å². The van der Waals surface area contributed by atoms with Gasteiger partial charge in [0.25, 0.3) is 0 Å². The minimum atomic E-state index is -0.330. The topological polar surface area (TPSA) is 96.2 Å². The van der Waals surface area contributed by atoms with Gasteiger partial charge in [0, 0.05) is 24.7 Å². The third-order valence-electron chi connectivity index (χ3n) is 2.81. The average Bonchev–Trinajstić information content (AvgIpc) is 2.76. The summed E-state index contributed by atoms with van der Waals surface area (Å²) >= 11 is 0. The summed E-state index contributed by atoms with van der Waals surface area (Å²) in [5.74, 6) is -0.484. The van der Waals surface area contributed by atoms with Gasteiger partial charge in [0.1, 0.15) is 0 Å². The fourth-order valence-electron chi connectivity index (χ4n) is 1.85. The molecule has 1 saturated heterocycles. The molecular formula is C11H16N4O3. The van der Waals surface area contributed by atoms with E-state index in [0.717, 1.165) is 5.56 Å². The minimum Gasteiger partial charge on any atom is -0.394 e. The quantitative estimate of drug-likeness (QED) is 0.570. The Morgan fingerprint density at radius 2 is 2.39 bits per heavy atom. The van der Waals surface area contributed by atoms with Crippen molar-refractivity contribution in [2.45, 2.75) is 32.0 Å². The van der Waals surface area contributed by atoms with Crippen molar-refractivity contribution in [3.05, 3.63) is 18.0 Å². The Kier molecular flexibility index (Phi) is 4.06. The average molecular weight is 252 g/mol. The molecule has 1 unspecified atom stereocenters. The normalized spacial score (nSPS) is 19.9. The lowest BCUT2D eigenvalue weighted by atomic mass is 10.1. The number of carbonyl (C=O) groups is 2. The lowest BCUT2D eigenvalue weighted by molar-refractivity contribution is -0.134. The highest BCUT2D eigenvalue weighted by Gasteiger charge is 2.25. The van der Waals surface area contributed by atoms with Crippen molar-refractivity contribution in [1.82, 2.24) is 20.4 Å². The molecule has 98 valence electrons. The number of imide groups is 1. The van der Waals surface area contributed by atoms with Crippen LogP contribution in [0.1, 0.15) is 18.4 Å². The van der Waals surface area contributed by atoms with Crippen molar-refractivity contribution in [3.63, 3.8) is 0 Å². The SMILES string of the molecule is O=C1CCC(NCc2cnn(CCO)c2)C(=O)N1. The van der Waals surface area contributed by atoms with Crippen LogP contribution < -0.4 is 10.6 Å². The standard InChI is InChI=1S/C11H16N4O3/c16-4-3-15-7-8(6-13-15)5-12-9-1-2-10(17)14-11(9)18/h6-7,9,12,16H,1-5H2,(H,14,17,18). The molecule has 1 aliphatic rings. The minimum absolute atomic E-state index is 0.0433. The first-order valence-electron chi connectivity index (χ1n) is 5.88. The maximum Gasteiger partial charge on any atom is 0.243 e. The van der Waals surface area contributed by atoms with Crippen molar-refractivity contribution in [2.75, 3.05) is 6.61 Å². The van der Waals surface area contributed by atoms with Crippen LogP contribution >= 0.6 is 0 Å². The summed E-state index contributed by atoms with van der Waals surface area (Å²) in [6.07, 6.45) is 4.40. The van der Waals surface area contributed by atoms with E-state index in [-0.39, 0.29) is 24.5 Å². The van der Waals surface area contributed by atoms with Gasteiger partial charge in [-0.15, -0.1) is 0 Å². The van der Waals surface area contributed by atoms with Crippen molar-refractivity contribution < 1.29 is 14.7 Å². The molecule has 2 amide bonds. The van der Waals surface area contributed by atoms with E-state index in [4.69, 9.17) is 5.11 Å². The molecule has 7 heteroatoms. The molecule has 7 nitrogen and oxygen atoms in total. The fourth-order valence-corrected chi connectivity index (χ4v) is 1.85. The molecule has 1 atom stereocenters. The van der Waals surface area contributed by atoms with E-state index in [2.05, 4.69) is 15.7 Å². The Balaban J connectivity index is 1.83. The maximum absolute atomic E-state index is 11.5. The van der Waals surface area contributed by atoms with Gasteiger partial charge in [0.2, 0.25) is 11.8 Å². The highest BCUT2D eigenvalue weighted by Crippen LogP contribution is 2.06. The summed E-state index contributed by atoms with van der Waals surface area (Å²) in [5.41, 5.74) is 0.938. The van der Waals surface area contributed by atoms with E-state index in [9.17, 15) is 9.59 Å². The van der Waals surface area contributed by atoms with Crippen LogP contribution in [0, 0.1) is 0 Å². The van der Waals surface area contributed by atoms with E-state index in [1.165, 1.54) is 0 Å². The molecular weight excluding hydrogens is 236 g/mol. The number of rotatable bonds is 5. The number of aliphatic hydroxyl groups excluding tert-OH is 1. The smallest absolute Gasteiger partial charge is 0.243 e. The molecule has 1 aliphatic heterocycles. The number of hydrogen-bond donors (Lipinski definition) is 3. The lowest BCUT2D eigenvalue weighted by Crippen LogP contribution is -2.50. The number of aromatic nitrogens is 2. The van der Waals surface area contributed by atoms with Crippen LogP contribution in [0.2, 0.25) is 0 Å². The third kappa shape index (κ3) is 3.14. The molecule has 1 aromatic rings. The van der Waals surface area contributed by atoms with Gasteiger partial charge >= 0.3 is 0 Å². The molecule has 1 aromatic heterocycles. The first-order chi connectivity index (χ1) is 8.69. The lowest BCUT2D eigenvalue weighted by Gasteiger charge is -2.21. The number of nitrogens with zero attached hydrogens (tertiary/aromatic N) is 2. The zero-order valence-electron chi connectivity index (χ0n) is 9.93. The number of amides is 2. The second-order valence-corrected chi connectivity index (χ2v) is 4.22. The highest BCUT2D eigenvalue weighted by molar-refractivity contribution is 6.00. The van der Waals surface area contributed by atoms with Crippen LogP contribution in [0.25, 0.3) is 0 Å². The summed E-state index contributed by atoms with van der Waals surface area (Å²) in [6.45, 7) is 1.01. The maximum atomic E-state index is 11.5. The Morgan fingerprint density at radius 3 is 3.11 bits per heavy atom. The fraction of sp³-hybridized carbons (Fsp3) is 0.545. The number of carbonyl (C=O) groups excluding carboxylic acids is 2. The predicted octanol–water partition coefficient (Wildman–Crippen LogP) is -1.23. The predicted molar refractivity (Wildman–Crippen MR) is 62.3 cm³/mol. The molecule has 1 fully saturated rings. The van der Waals surface area contributed by atoms with Crippen LogP contribution in [0.4, 0.5) is 0 Å². The summed E-state index contributed by atoms with van der Waals surface area (Å²) < 4.78 is 1.64. The molecule has 0 saturated carbocycles. The summed E-state index contributed by atoms with van der Waals surface area (Å²) in [5, 5.41) is 18.2. The van der Waals surface area contributed by atoms with E-state index in [1.807, 2.05) is 6.20 Å². The van der Waals surface area contributed by atoms with Crippen molar-refractivity contribution >= 4 is 11.8 Å². The first-order valence-corrected chi connectivity index (χ1v) is 5.88. The Hall–Kier alpha value is -1.73. The van der Waals surface area contributed by atoms with Crippen LogP contribution in [0.3, 0.4) is 0 Å². The van der Waals surface area contributed by atoms with E-state index >= 15 is 0 Å². The van der Waals surface area contributed by atoms with E-state index in [0.29, 0.717) is 25.9 Å². The molecule has 18 heavy (non-hydrogen) atoms. The van der Waals surface area contributed by atoms with Crippen LogP contribution in [0.15, 0.2) is 12.4 Å². The number of nitrogens with one attached hydrogen (secondary N) is 2. The Morgan fingerprint density at radius 1 is 1.56 bits per heavy atom. The second kappa shape index (κ2) is 5.74. The zero-order valence-corrected chi connectivity index (χ0v) is 9.93. The monoisotopic (exact) mass is 252 g/mol. The van der Waals surface area contributed by atoms with Crippen LogP contribution in [0.5, 0.6) is 0 Å². The van der Waals surface area contributed by atoms with Crippen molar-refractivity contribution in [3.8, 4) is 0 Å². The van der Waals surface area contributed by atoms with Gasteiger partial charge in [-0.3, -0.25) is 19.6 Å². The molecule has 0 aliphatic carbocycles. The van der Waals surface area contributed by atoms with Crippen LogP contribution in [-0.2, 0) is 22.7 Å². The van der Waals surface area contributed by atoms with Gasteiger partial charge in [-0.2, -0.15) is 5.10 Å². The van der Waals surface area contributed by atoms with Gasteiger partial charge < -0.3 is 10.4 Å². The van der Waals surface area contributed by atoms with Gasteiger partial charge in [-0.1, -0.05) is 0 Å². The van der Waals surface area contributed by atoms with Gasteiger partial charge in [0.05, 0.1) is 25.4 Å². The van der Waals surface area contributed by atoms with Gasteiger partial charge in [0.15, 0.2) is 0 Å². The second-order valence-electron chi connectivity index (χ2n) is 4.22. The molecule has 2 heterocycles. The zero-order chi connectivity index (χ0) is 13.0. The van der Waals surface area contributed by atoms with E-state index < -0.39 is 0 Å². The highest BCUT2D eigenvalue weighted by atomic mass is 16.3. The number of piperidine rings is 1. The van der Waals surface area contributed by atoms with E-state index in [1.54, 1.807) is 10.9 Å². The molecule has 0 aromatic carbocycles. The number of hydrogen-bond acceptors (Lipinski definition) is 5. The largest absolute Gasteiger partial charge is 0.394 e. The molecule has 0 radical (unpaired) electrons. The van der Waals surface area contributed by atoms with Gasteiger partial charge in [-0.05, 0) is 6.42 Å². The van der Waals surface area contributed by atoms with Crippen molar-refractivity contribution in [2.24, 2.45) is 0 Å².